The Morgan fingerprint density at radius 1 is 1.24 bits per heavy atom. The maximum absolute atomic E-state index is 12.3. The lowest BCUT2D eigenvalue weighted by Gasteiger charge is -2.19. The summed E-state index contributed by atoms with van der Waals surface area (Å²) in [5, 5.41) is 9.09. The molecule has 0 aromatic heterocycles. The van der Waals surface area contributed by atoms with Gasteiger partial charge in [-0.2, -0.15) is 0 Å². The number of rotatable bonds is 5. The Hall–Kier alpha value is -1.31. The highest BCUT2D eigenvalue weighted by Gasteiger charge is 2.22. The van der Waals surface area contributed by atoms with Crippen molar-refractivity contribution in [2.45, 2.75) is 31.2 Å². The predicted octanol–water partition coefficient (Wildman–Crippen LogP) is 1.14. The van der Waals surface area contributed by atoms with Crippen molar-refractivity contribution in [2.24, 2.45) is 5.92 Å². The molecule has 118 valence electrons. The van der Waals surface area contributed by atoms with Gasteiger partial charge in [-0.05, 0) is 25.0 Å². The number of hydrogen-bond donors (Lipinski definition) is 2. The molecule has 0 spiro atoms. The van der Waals surface area contributed by atoms with E-state index < -0.39 is 10.0 Å². The van der Waals surface area contributed by atoms with Crippen LogP contribution in [0.3, 0.4) is 0 Å². The van der Waals surface area contributed by atoms with E-state index in [4.69, 9.17) is 14.6 Å². The maximum Gasteiger partial charge on any atom is 0.240 e. The number of sulfonamides is 1. The number of aliphatic hydroxyl groups is 1. The molecule has 0 radical (unpaired) electrons. The van der Waals surface area contributed by atoms with Crippen LogP contribution in [0.4, 0.5) is 0 Å². The molecule has 1 aliphatic rings. The summed E-state index contributed by atoms with van der Waals surface area (Å²) >= 11 is 0. The molecule has 0 bridgehead atoms. The van der Waals surface area contributed by atoms with Crippen molar-refractivity contribution in [1.29, 1.82) is 0 Å². The van der Waals surface area contributed by atoms with E-state index in [-0.39, 0.29) is 23.5 Å². The monoisotopic (exact) mass is 315 g/mol. The molecule has 0 aliphatic carbocycles. The minimum absolute atomic E-state index is 0.0785. The van der Waals surface area contributed by atoms with Crippen LogP contribution in [0.2, 0.25) is 0 Å². The van der Waals surface area contributed by atoms with Gasteiger partial charge in [0.25, 0.3) is 0 Å². The first-order valence-electron chi connectivity index (χ1n) is 6.97. The molecule has 1 aromatic carbocycles. The van der Waals surface area contributed by atoms with E-state index in [0.29, 0.717) is 24.7 Å². The number of hydrogen-bond acceptors (Lipinski definition) is 5. The third kappa shape index (κ3) is 3.87. The van der Waals surface area contributed by atoms with Gasteiger partial charge in [0.15, 0.2) is 11.5 Å². The molecule has 2 N–H and O–H groups in total. The second-order valence-electron chi connectivity index (χ2n) is 5.23. The second kappa shape index (κ2) is 6.64. The summed E-state index contributed by atoms with van der Waals surface area (Å²) in [7, 11) is -3.66. The fourth-order valence-electron chi connectivity index (χ4n) is 1.90. The fourth-order valence-corrected chi connectivity index (χ4v) is 3.27. The molecular formula is C14H21NO5S. The number of nitrogens with one attached hydrogen (secondary N) is 1. The van der Waals surface area contributed by atoms with Gasteiger partial charge >= 0.3 is 0 Å². The molecule has 0 saturated carbocycles. The van der Waals surface area contributed by atoms with Crippen molar-refractivity contribution < 1.29 is 23.0 Å². The summed E-state index contributed by atoms with van der Waals surface area (Å²) in [6, 6.07) is 4.21. The van der Waals surface area contributed by atoms with Crippen LogP contribution in [0.5, 0.6) is 11.5 Å². The standard InChI is InChI=1S/C14H21NO5S/c1-10(9-16)11(2)15-21(17,18)12-4-5-13-14(8-12)20-7-3-6-19-13/h4-5,8,10-11,15-16H,3,6-7,9H2,1-2H3. The largest absolute Gasteiger partial charge is 0.490 e. The highest BCUT2D eigenvalue weighted by Crippen LogP contribution is 2.31. The van der Waals surface area contributed by atoms with Gasteiger partial charge in [-0.3, -0.25) is 0 Å². The van der Waals surface area contributed by atoms with Gasteiger partial charge < -0.3 is 14.6 Å². The molecule has 2 rings (SSSR count). The van der Waals surface area contributed by atoms with E-state index >= 15 is 0 Å². The molecule has 21 heavy (non-hydrogen) atoms. The molecule has 6 nitrogen and oxygen atoms in total. The maximum atomic E-state index is 12.3. The van der Waals surface area contributed by atoms with Gasteiger partial charge in [0.05, 0.1) is 18.1 Å². The van der Waals surface area contributed by atoms with Crippen LogP contribution in [-0.2, 0) is 10.0 Å². The summed E-state index contributed by atoms with van der Waals surface area (Å²) in [5.74, 6) is 0.835. The normalized spacial score (nSPS) is 17.9. The third-order valence-corrected chi connectivity index (χ3v) is 5.07. The highest BCUT2D eigenvalue weighted by atomic mass is 32.2. The van der Waals surface area contributed by atoms with Crippen molar-refractivity contribution in [2.75, 3.05) is 19.8 Å². The summed E-state index contributed by atoms with van der Waals surface area (Å²) in [6.07, 6.45) is 0.764. The van der Waals surface area contributed by atoms with Crippen LogP contribution in [0.25, 0.3) is 0 Å². The van der Waals surface area contributed by atoms with Crippen LogP contribution in [-0.4, -0.2) is 39.4 Å². The van der Waals surface area contributed by atoms with Crippen LogP contribution >= 0.6 is 0 Å². The Labute approximate surface area is 125 Å². The molecule has 1 heterocycles. The number of benzene rings is 1. The minimum atomic E-state index is -3.66. The SMILES string of the molecule is CC(CO)C(C)NS(=O)(=O)c1ccc2c(c1)OCCCO2. The Morgan fingerprint density at radius 3 is 2.57 bits per heavy atom. The Kier molecular flexibility index (Phi) is 5.08. The van der Waals surface area contributed by atoms with Crippen molar-refractivity contribution >= 4 is 10.0 Å². The molecule has 0 fully saturated rings. The summed E-state index contributed by atoms with van der Waals surface area (Å²) < 4.78 is 38.2. The molecule has 2 unspecified atom stereocenters. The summed E-state index contributed by atoms with van der Waals surface area (Å²) in [6.45, 7) is 4.48. The average Bonchev–Trinajstić information content (AvgIpc) is 2.70. The Balaban J connectivity index is 2.22. The molecule has 2 atom stereocenters. The van der Waals surface area contributed by atoms with Crippen LogP contribution in [0.1, 0.15) is 20.3 Å². The van der Waals surface area contributed by atoms with Gasteiger partial charge in [0.1, 0.15) is 0 Å². The lowest BCUT2D eigenvalue weighted by atomic mass is 10.1. The molecule has 1 aliphatic heterocycles. The first-order valence-corrected chi connectivity index (χ1v) is 8.45. The van der Waals surface area contributed by atoms with Crippen molar-refractivity contribution in [3.63, 3.8) is 0 Å². The van der Waals surface area contributed by atoms with Crippen LogP contribution in [0.15, 0.2) is 23.1 Å². The fraction of sp³-hybridized carbons (Fsp3) is 0.571. The molecule has 0 amide bonds. The van der Waals surface area contributed by atoms with E-state index in [9.17, 15) is 8.42 Å². The van der Waals surface area contributed by atoms with E-state index in [1.807, 2.05) is 0 Å². The van der Waals surface area contributed by atoms with Crippen LogP contribution < -0.4 is 14.2 Å². The smallest absolute Gasteiger partial charge is 0.240 e. The summed E-state index contributed by atoms with van der Waals surface area (Å²) in [5.41, 5.74) is 0. The lowest BCUT2D eigenvalue weighted by molar-refractivity contribution is 0.216. The zero-order valence-electron chi connectivity index (χ0n) is 12.2. The van der Waals surface area contributed by atoms with Crippen molar-refractivity contribution in [3.05, 3.63) is 18.2 Å². The Bertz CT molecular complexity index is 587. The predicted molar refractivity (Wildman–Crippen MR) is 78.1 cm³/mol. The zero-order chi connectivity index (χ0) is 15.5. The quantitative estimate of drug-likeness (QED) is 0.851. The van der Waals surface area contributed by atoms with Gasteiger partial charge in [-0.1, -0.05) is 6.92 Å². The number of aliphatic hydroxyl groups excluding tert-OH is 1. The van der Waals surface area contributed by atoms with E-state index in [1.165, 1.54) is 12.1 Å². The van der Waals surface area contributed by atoms with Gasteiger partial charge in [-0.15, -0.1) is 0 Å². The number of fused-ring (bicyclic) bond motifs is 1. The van der Waals surface area contributed by atoms with Crippen molar-refractivity contribution in [1.82, 2.24) is 4.72 Å². The van der Waals surface area contributed by atoms with Crippen molar-refractivity contribution in [3.8, 4) is 11.5 Å². The van der Waals surface area contributed by atoms with Gasteiger partial charge in [0.2, 0.25) is 10.0 Å². The van der Waals surface area contributed by atoms with Gasteiger partial charge in [-0.25, -0.2) is 13.1 Å². The first-order chi connectivity index (χ1) is 9.94. The first kappa shape index (κ1) is 16.1. The Morgan fingerprint density at radius 2 is 1.90 bits per heavy atom. The molecule has 1 aromatic rings. The zero-order valence-corrected chi connectivity index (χ0v) is 13.0. The third-order valence-electron chi connectivity index (χ3n) is 3.51. The van der Waals surface area contributed by atoms with E-state index in [1.54, 1.807) is 19.9 Å². The van der Waals surface area contributed by atoms with Crippen LogP contribution in [0, 0.1) is 5.92 Å². The minimum Gasteiger partial charge on any atom is -0.490 e. The molecule has 7 heteroatoms. The summed E-state index contributed by atoms with van der Waals surface area (Å²) in [4.78, 5) is 0.128. The highest BCUT2D eigenvalue weighted by molar-refractivity contribution is 7.89. The second-order valence-corrected chi connectivity index (χ2v) is 6.94. The van der Waals surface area contributed by atoms with E-state index in [2.05, 4.69) is 4.72 Å². The molecular weight excluding hydrogens is 294 g/mol. The topological polar surface area (TPSA) is 84.9 Å². The number of ether oxygens (including phenoxy) is 2. The average molecular weight is 315 g/mol. The lowest BCUT2D eigenvalue weighted by Crippen LogP contribution is -2.38. The van der Waals surface area contributed by atoms with Gasteiger partial charge in [0, 0.05) is 25.1 Å². The molecule has 0 saturated heterocycles. The van der Waals surface area contributed by atoms with E-state index in [0.717, 1.165) is 6.42 Å².